The van der Waals surface area contributed by atoms with Crippen LogP contribution in [0.2, 0.25) is 0 Å². The Labute approximate surface area is 245 Å². The summed E-state index contributed by atoms with van der Waals surface area (Å²) in [6, 6.07) is 21.1. The van der Waals surface area contributed by atoms with Crippen molar-refractivity contribution in [3.05, 3.63) is 89.0 Å². The van der Waals surface area contributed by atoms with Gasteiger partial charge in [-0.1, -0.05) is 6.07 Å². The molecule has 3 aromatic carbocycles. The van der Waals surface area contributed by atoms with Gasteiger partial charge in [-0.05, 0) is 73.6 Å². The van der Waals surface area contributed by atoms with Crippen molar-refractivity contribution in [2.24, 2.45) is 0 Å². The Morgan fingerprint density at radius 2 is 1.52 bits per heavy atom. The first-order valence-corrected chi connectivity index (χ1v) is 14.1. The van der Waals surface area contributed by atoms with E-state index in [9.17, 15) is 14.4 Å². The van der Waals surface area contributed by atoms with Gasteiger partial charge in [-0.25, -0.2) is 0 Å². The molecule has 2 N–H and O–H groups in total. The molecule has 42 heavy (non-hydrogen) atoms. The van der Waals surface area contributed by atoms with Crippen LogP contribution >= 0.6 is 0 Å². The highest BCUT2D eigenvalue weighted by Crippen LogP contribution is 2.30. The van der Waals surface area contributed by atoms with E-state index in [1.807, 2.05) is 17.0 Å². The number of anilines is 2. The van der Waals surface area contributed by atoms with Gasteiger partial charge < -0.3 is 30.1 Å². The predicted octanol–water partition coefficient (Wildman–Crippen LogP) is 3.22. The molecule has 2 aliphatic heterocycles. The van der Waals surface area contributed by atoms with E-state index in [1.165, 1.54) is 0 Å². The lowest BCUT2D eigenvalue weighted by Gasteiger charge is -2.37. The summed E-state index contributed by atoms with van der Waals surface area (Å²) in [6.07, 6.45) is 0.884. The number of rotatable bonds is 6. The number of ether oxygens (including phenoxy) is 1. The number of hydrogen-bond donors (Lipinski definition) is 2. The summed E-state index contributed by atoms with van der Waals surface area (Å²) in [5, 5.41) is 15.4. The minimum Gasteiger partial charge on any atom is -0.497 e. The summed E-state index contributed by atoms with van der Waals surface area (Å²) in [7, 11) is 1.55. The fourth-order valence-electron chi connectivity index (χ4n) is 5.26. The second kappa shape index (κ2) is 13.2. The number of benzene rings is 3. The van der Waals surface area contributed by atoms with E-state index >= 15 is 0 Å². The molecule has 0 aromatic heterocycles. The molecule has 3 aromatic rings. The normalized spacial score (nSPS) is 15.4. The first-order valence-electron chi connectivity index (χ1n) is 14.1. The molecule has 216 valence electrons. The minimum atomic E-state index is -0.312. The maximum Gasteiger partial charge on any atom is 0.255 e. The number of carbonyl (C=O) groups is 3. The van der Waals surface area contributed by atoms with E-state index in [2.05, 4.69) is 21.6 Å². The molecule has 2 saturated heterocycles. The lowest BCUT2D eigenvalue weighted by Crippen LogP contribution is -2.49. The van der Waals surface area contributed by atoms with Gasteiger partial charge in [-0.2, -0.15) is 5.26 Å². The zero-order valence-electron chi connectivity index (χ0n) is 23.6. The van der Waals surface area contributed by atoms with Gasteiger partial charge in [0.1, 0.15) is 5.75 Å². The highest BCUT2D eigenvalue weighted by Gasteiger charge is 2.26. The van der Waals surface area contributed by atoms with Crippen molar-refractivity contribution >= 4 is 29.1 Å². The number of hydrogen-bond acceptors (Lipinski definition) is 7. The van der Waals surface area contributed by atoms with Gasteiger partial charge in [0.05, 0.1) is 30.1 Å². The van der Waals surface area contributed by atoms with Crippen LogP contribution in [0.15, 0.2) is 66.7 Å². The summed E-state index contributed by atoms with van der Waals surface area (Å²) in [5.41, 5.74) is 3.32. The number of nitrogens with one attached hydrogen (secondary N) is 2. The average Bonchev–Trinajstić information content (AvgIpc) is 3.34. The Kier molecular flexibility index (Phi) is 8.99. The first-order chi connectivity index (χ1) is 20.5. The van der Waals surface area contributed by atoms with Crippen molar-refractivity contribution in [3.8, 4) is 11.8 Å². The van der Waals surface area contributed by atoms with Crippen LogP contribution in [0.4, 0.5) is 11.4 Å². The lowest BCUT2D eigenvalue weighted by atomic mass is 10.1. The van der Waals surface area contributed by atoms with Gasteiger partial charge in [0, 0.05) is 62.5 Å². The van der Waals surface area contributed by atoms with Gasteiger partial charge in [0.25, 0.3) is 17.7 Å². The molecule has 0 spiro atoms. The van der Waals surface area contributed by atoms with Crippen molar-refractivity contribution in [1.82, 2.24) is 15.1 Å². The Bertz CT molecular complexity index is 1480. The Morgan fingerprint density at radius 3 is 2.26 bits per heavy atom. The summed E-state index contributed by atoms with van der Waals surface area (Å²) >= 11 is 0. The summed E-state index contributed by atoms with van der Waals surface area (Å²) < 4.78 is 5.28. The monoisotopic (exact) mass is 566 g/mol. The number of nitrogens with zero attached hydrogens (tertiary/aromatic N) is 4. The van der Waals surface area contributed by atoms with Crippen molar-refractivity contribution < 1.29 is 19.1 Å². The first kappa shape index (κ1) is 28.6. The smallest absolute Gasteiger partial charge is 0.255 e. The number of carbonyl (C=O) groups excluding carboxylic acids is 3. The van der Waals surface area contributed by atoms with E-state index in [0.717, 1.165) is 25.2 Å². The van der Waals surface area contributed by atoms with Crippen molar-refractivity contribution in [1.29, 1.82) is 5.26 Å². The number of piperazine rings is 1. The van der Waals surface area contributed by atoms with Crippen LogP contribution in [0.3, 0.4) is 0 Å². The highest BCUT2D eigenvalue weighted by atomic mass is 16.5. The molecule has 2 fully saturated rings. The quantitative estimate of drug-likeness (QED) is 0.471. The molecule has 0 aliphatic carbocycles. The third kappa shape index (κ3) is 6.53. The van der Waals surface area contributed by atoms with E-state index in [0.29, 0.717) is 73.0 Å². The Morgan fingerprint density at radius 1 is 0.810 bits per heavy atom. The van der Waals surface area contributed by atoms with Crippen LogP contribution < -0.4 is 20.3 Å². The van der Waals surface area contributed by atoms with Crippen LogP contribution in [0.1, 0.15) is 43.1 Å². The third-order valence-corrected chi connectivity index (χ3v) is 7.62. The second-order valence-electron chi connectivity index (χ2n) is 10.3. The molecule has 2 heterocycles. The van der Waals surface area contributed by atoms with Crippen LogP contribution in [-0.2, 0) is 0 Å². The van der Waals surface area contributed by atoms with Crippen molar-refractivity contribution in [3.63, 3.8) is 0 Å². The van der Waals surface area contributed by atoms with Gasteiger partial charge >= 0.3 is 0 Å². The maximum absolute atomic E-state index is 13.4. The summed E-state index contributed by atoms with van der Waals surface area (Å²) in [6.45, 7) is 5.01. The lowest BCUT2D eigenvalue weighted by molar-refractivity contribution is 0.0743. The van der Waals surface area contributed by atoms with Crippen LogP contribution in [-0.4, -0.2) is 87.0 Å². The second-order valence-corrected chi connectivity index (χ2v) is 10.3. The zero-order valence-corrected chi connectivity index (χ0v) is 23.6. The topological polar surface area (TPSA) is 118 Å². The van der Waals surface area contributed by atoms with Gasteiger partial charge in [0.15, 0.2) is 0 Å². The zero-order chi connectivity index (χ0) is 29.5. The number of nitriles is 1. The highest BCUT2D eigenvalue weighted by molar-refractivity contribution is 6.07. The standard InChI is InChI=1S/C32H34N6O4/c1-42-27-5-2-4-25(20-27)30(39)35-28-21-26(32(41)37-14-3-12-34-13-15-37)10-11-29(28)36-16-18-38(19-17-36)31(40)24-8-6-23(22-33)7-9-24/h2,4-11,20-21,34H,3,12-19H2,1H3,(H,35,39). The van der Waals surface area contributed by atoms with Crippen LogP contribution in [0.25, 0.3) is 0 Å². The Balaban J connectivity index is 1.36. The molecule has 0 atom stereocenters. The molecule has 0 unspecified atom stereocenters. The Hall–Kier alpha value is -4.88. The van der Waals surface area contributed by atoms with Crippen LogP contribution in [0.5, 0.6) is 5.75 Å². The molecule has 3 amide bonds. The van der Waals surface area contributed by atoms with E-state index < -0.39 is 0 Å². The van der Waals surface area contributed by atoms with E-state index in [-0.39, 0.29) is 17.7 Å². The molecular formula is C32H34N6O4. The minimum absolute atomic E-state index is 0.0695. The largest absolute Gasteiger partial charge is 0.497 e. The molecule has 10 nitrogen and oxygen atoms in total. The van der Waals surface area contributed by atoms with E-state index in [4.69, 9.17) is 10.00 Å². The van der Waals surface area contributed by atoms with Gasteiger partial charge in [-0.3, -0.25) is 14.4 Å². The fraction of sp³-hybridized carbons (Fsp3) is 0.312. The van der Waals surface area contributed by atoms with Gasteiger partial charge in [0.2, 0.25) is 0 Å². The van der Waals surface area contributed by atoms with Crippen molar-refractivity contribution in [2.45, 2.75) is 6.42 Å². The molecule has 0 bridgehead atoms. The molecule has 0 saturated carbocycles. The molecule has 2 aliphatic rings. The SMILES string of the molecule is COc1cccc(C(=O)Nc2cc(C(=O)N3CCCNCC3)ccc2N2CCN(C(=O)c3ccc(C#N)cc3)CC2)c1. The molecule has 0 radical (unpaired) electrons. The number of methoxy groups -OCH3 is 1. The molecule has 10 heteroatoms. The van der Waals surface area contributed by atoms with Crippen molar-refractivity contribution in [2.75, 3.05) is 69.7 Å². The third-order valence-electron chi connectivity index (χ3n) is 7.62. The molecule has 5 rings (SSSR count). The van der Waals surface area contributed by atoms with E-state index in [1.54, 1.807) is 66.6 Å². The molecular weight excluding hydrogens is 532 g/mol. The average molecular weight is 567 g/mol. The summed E-state index contributed by atoms with van der Waals surface area (Å²) in [5.74, 6) is 0.108. The predicted molar refractivity (Wildman–Crippen MR) is 160 cm³/mol. The van der Waals surface area contributed by atoms with Gasteiger partial charge in [-0.15, -0.1) is 0 Å². The number of amides is 3. The van der Waals surface area contributed by atoms with Crippen LogP contribution in [0, 0.1) is 11.3 Å². The summed E-state index contributed by atoms with van der Waals surface area (Å²) in [4.78, 5) is 45.6. The fourth-order valence-corrected chi connectivity index (χ4v) is 5.26. The maximum atomic E-state index is 13.4.